The van der Waals surface area contributed by atoms with Crippen molar-refractivity contribution in [3.63, 3.8) is 0 Å². The van der Waals surface area contributed by atoms with Crippen LogP contribution in [0.5, 0.6) is 0 Å². The largest absolute Gasteiger partial charge is 0.465 e. The summed E-state index contributed by atoms with van der Waals surface area (Å²) in [6, 6.07) is 10.1. The van der Waals surface area contributed by atoms with Gasteiger partial charge in [-0.15, -0.1) is 0 Å². The Morgan fingerprint density at radius 2 is 1.84 bits per heavy atom. The SMILES string of the molecule is CCCCC(CCC)C(=O)OCCc1ccccc1. The molecule has 0 fully saturated rings. The lowest BCUT2D eigenvalue weighted by Crippen LogP contribution is -2.19. The number of rotatable bonds is 9. The number of hydrogen-bond donors (Lipinski definition) is 0. The first-order chi connectivity index (χ1) is 9.27. The van der Waals surface area contributed by atoms with Crippen molar-refractivity contribution in [3.8, 4) is 0 Å². The molecule has 0 heterocycles. The molecule has 0 aromatic heterocycles. The van der Waals surface area contributed by atoms with Gasteiger partial charge in [-0.25, -0.2) is 0 Å². The Labute approximate surface area is 117 Å². The molecule has 0 aliphatic carbocycles. The number of carbonyl (C=O) groups is 1. The van der Waals surface area contributed by atoms with Crippen LogP contribution < -0.4 is 0 Å². The molecular weight excluding hydrogens is 236 g/mol. The molecule has 1 atom stereocenters. The molecule has 0 saturated carbocycles. The maximum absolute atomic E-state index is 12.0. The van der Waals surface area contributed by atoms with Gasteiger partial charge in [0.05, 0.1) is 12.5 Å². The van der Waals surface area contributed by atoms with Crippen molar-refractivity contribution in [1.29, 1.82) is 0 Å². The number of ether oxygens (including phenoxy) is 1. The van der Waals surface area contributed by atoms with Crippen molar-refractivity contribution in [3.05, 3.63) is 35.9 Å². The van der Waals surface area contributed by atoms with Gasteiger partial charge in [-0.3, -0.25) is 4.79 Å². The van der Waals surface area contributed by atoms with Crippen molar-refractivity contribution in [2.24, 2.45) is 5.92 Å². The van der Waals surface area contributed by atoms with Crippen LogP contribution in [0.3, 0.4) is 0 Å². The third-order valence-corrected chi connectivity index (χ3v) is 3.35. The average molecular weight is 262 g/mol. The van der Waals surface area contributed by atoms with E-state index in [-0.39, 0.29) is 11.9 Å². The standard InChI is InChI=1S/C17H26O2/c1-3-5-12-16(9-4-2)17(18)19-14-13-15-10-7-6-8-11-15/h6-8,10-11,16H,3-5,9,12-14H2,1-2H3. The predicted molar refractivity (Wildman–Crippen MR) is 79.0 cm³/mol. The highest BCUT2D eigenvalue weighted by atomic mass is 16.5. The van der Waals surface area contributed by atoms with Gasteiger partial charge in [0.2, 0.25) is 0 Å². The van der Waals surface area contributed by atoms with E-state index in [2.05, 4.69) is 26.0 Å². The number of unbranched alkanes of at least 4 members (excludes halogenated alkanes) is 1. The third-order valence-electron chi connectivity index (χ3n) is 3.35. The van der Waals surface area contributed by atoms with Crippen LogP contribution in [-0.2, 0) is 16.0 Å². The molecule has 19 heavy (non-hydrogen) atoms. The first-order valence-corrected chi connectivity index (χ1v) is 7.48. The topological polar surface area (TPSA) is 26.3 Å². The zero-order valence-corrected chi connectivity index (χ0v) is 12.2. The van der Waals surface area contributed by atoms with Gasteiger partial charge in [0, 0.05) is 6.42 Å². The van der Waals surface area contributed by atoms with Crippen LogP contribution in [0.1, 0.15) is 51.5 Å². The lowest BCUT2D eigenvalue weighted by molar-refractivity contribution is -0.149. The van der Waals surface area contributed by atoms with Crippen molar-refractivity contribution in [2.75, 3.05) is 6.61 Å². The van der Waals surface area contributed by atoms with Crippen LogP contribution in [0.15, 0.2) is 30.3 Å². The minimum absolute atomic E-state index is 0.00812. The fraction of sp³-hybridized carbons (Fsp3) is 0.588. The van der Waals surface area contributed by atoms with Crippen LogP contribution in [0.4, 0.5) is 0 Å². The van der Waals surface area contributed by atoms with Crippen LogP contribution in [0, 0.1) is 5.92 Å². The Morgan fingerprint density at radius 3 is 2.47 bits per heavy atom. The summed E-state index contributed by atoms with van der Waals surface area (Å²) >= 11 is 0. The Kier molecular flexibility index (Phi) is 7.95. The van der Waals surface area contributed by atoms with Crippen molar-refractivity contribution in [2.45, 2.75) is 52.4 Å². The predicted octanol–water partition coefficient (Wildman–Crippen LogP) is 4.38. The second kappa shape index (κ2) is 9.60. The minimum atomic E-state index is -0.00812. The second-order valence-electron chi connectivity index (χ2n) is 5.03. The summed E-state index contributed by atoms with van der Waals surface area (Å²) in [5, 5.41) is 0. The van der Waals surface area contributed by atoms with E-state index >= 15 is 0 Å². The summed E-state index contributed by atoms with van der Waals surface area (Å²) in [5.74, 6) is 0.0898. The van der Waals surface area contributed by atoms with Crippen LogP contribution in [-0.4, -0.2) is 12.6 Å². The summed E-state index contributed by atoms with van der Waals surface area (Å²) in [6.45, 7) is 4.77. The molecule has 0 aliphatic rings. The summed E-state index contributed by atoms with van der Waals surface area (Å²) in [7, 11) is 0. The molecule has 106 valence electrons. The van der Waals surface area contributed by atoms with Gasteiger partial charge in [-0.2, -0.15) is 0 Å². The van der Waals surface area contributed by atoms with E-state index in [0.29, 0.717) is 6.61 Å². The maximum atomic E-state index is 12.0. The molecule has 2 heteroatoms. The quantitative estimate of drug-likeness (QED) is 0.617. The summed E-state index contributed by atoms with van der Waals surface area (Å²) in [5.41, 5.74) is 1.22. The van der Waals surface area contributed by atoms with E-state index in [1.165, 1.54) is 5.56 Å². The number of hydrogen-bond acceptors (Lipinski definition) is 2. The summed E-state index contributed by atoms with van der Waals surface area (Å²) in [6.07, 6.45) is 6.01. The fourth-order valence-electron chi connectivity index (χ4n) is 2.21. The molecule has 0 N–H and O–H groups in total. The molecular formula is C17H26O2. The Balaban J connectivity index is 2.31. The summed E-state index contributed by atoms with van der Waals surface area (Å²) < 4.78 is 5.42. The second-order valence-corrected chi connectivity index (χ2v) is 5.03. The highest BCUT2D eigenvalue weighted by Crippen LogP contribution is 2.16. The molecule has 1 aromatic rings. The van der Waals surface area contributed by atoms with E-state index in [0.717, 1.165) is 38.5 Å². The normalized spacial score (nSPS) is 12.1. The molecule has 1 rings (SSSR count). The monoisotopic (exact) mass is 262 g/mol. The van der Waals surface area contributed by atoms with Gasteiger partial charge in [0.25, 0.3) is 0 Å². The molecule has 1 unspecified atom stereocenters. The highest BCUT2D eigenvalue weighted by molar-refractivity contribution is 5.72. The van der Waals surface area contributed by atoms with Gasteiger partial charge in [0.1, 0.15) is 0 Å². The number of benzene rings is 1. The molecule has 0 saturated heterocycles. The third kappa shape index (κ3) is 6.42. The van der Waals surface area contributed by atoms with Gasteiger partial charge >= 0.3 is 5.97 Å². The average Bonchev–Trinajstić information content (AvgIpc) is 2.44. The van der Waals surface area contributed by atoms with Crippen molar-refractivity contribution < 1.29 is 9.53 Å². The molecule has 0 spiro atoms. The van der Waals surface area contributed by atoms with Gasteiger partial charge in [-0.05, 0) is 18.4 Å². The minimum Gasteiger partial charge on any atom is -0.465 e. The molecule has 0 bridgehead atoms. The molecule has 0 aliphatic heterocycles. The number of esters is 1. The van der Waals surface area contributed by atoms with E-state index < -0.39 is 0 Å². The van der Waals surface area contributed by atoms with Gasteiger partial charge in [0.15, 0.2) is 0 Å². The van der Waals surface area contributed by atoms with E-state index in [4.69, 9.17) is 4.74 Å². The highest BCUT2D eigenvalue weighted by Gasteiger charge is 2.18. The van der Waals surface area contributed by atoms with E-state index in [1.807, 2.05) is 18.2 Å². The van der Waals surface area contributed by atoms with Crippen molar-refractivity contribution in [1.82, 2.24) is 0 Å². The summed E-state index contributed by atoms with van der Waals surface area (Å²) in [4.78, 5) is 12.0. The molecule has 0 radical (unpaired) electrons. The Morgan fingerprint density at radius 1 is 1.11 bits per heavy atom. The van der Waals surface area contributed by atoms with Gasteiger partial charge < -0.3 is 4.74 Å². The smallest absolute Gasteiger partial charge is 0.308 e. The van der Waals surface area contributed by atoms with E-state index in [9.17, 15) is 4.79 Å². The lowest BCUT2D eigenvalue weighted by atomic mass is 9.97. The maximum Gasteiger partial charge on any atom is 0.308 e. The zero-order chi connectivity index (χ0) is 13.9. The van der Waals surface area contributed by atoms with Crippen LogP contribution >= 0.6 is 0 Å². The molecule has 2 nitrogen and oxygen atoms in total. The van der Waals surface area contributed by atoms with E-state index in [1.54, 1.807) is 0 Å². The lowest BCUT2D eigenvalue weighted by Gasteiger charge is -2.14. The zero-order valence-electron chi connectivity index (χ0n) is 12.2. The fourth-order valence-corrected chi connectivity index (χ4v) is 2.21. The number of carbonyl (C=O) groups excluding carboxylic acids is 1. The van der Waals surface area contributed by atoms with Crippen LogP contribution in [0.2, 0.25) is 0 Å². The Bertz CT molecular complexity index is 346. The van der Waals surface area contributed by atoms with Crippen LogP contribution in [0.25, 0.3) is 0 Å². The van der Waals surface area contributed by atoms with Crippen molar-refractivity contribution >= 4 is 5.97 Å². The van der Waals surface area contributed by atoms with Gasteiger partial charge in [-0.1, -0.05) is 63.4 Å². The molecule has 1 aromatic carbocycles. The molecule has 0 amide bonds. The first-order valence-electron chi connectivity index (χ1n) is 7.48. The Hall–Kier alpha value is -1.31. The first kappa shape index (κ1) is 15.7.